The Labute approximate surface area is 194 Å². The molecule has 1 heterocycles. The summed E-state index contributed by atoms with van der Waals surface area (Å²) in [6.45, 7) is 4.43. The van der Waals surface area contributed by atoms with E-state index in [0.717, 1.165) is 16.9 Å². The van der Waals surface area contributed by atoms with Crippen LogP contribution in [-0.2, 0) is 0 Å². The summed E-state index contributed by atoms with van der Waals surface area (Å²) in [6.07, 6.45) is 0. The first-order valence-electron chi connectivity index (χ1n) is 10.9. The molecular formula is C27H27N3O3. The molecule has 0 bridgehead atoms. The number of aryl methyl sites for hydroxylation is 1. The van der Waals surface area contributed by atoms with Crippen molar-refractivity contribution in [2.75, 3.05) is 37.5 Å². The molecule has 0 N–H and O–H groups in total. The normalized spacial score (nSPS) is 12.7. The molecule has 33 heavy (non-hydrogen) atoms. The molecule has 0 aliphatic carbocycles. The average molecular weight is 442 g/mol. The van der Waals surface area contributed by atoms with Gasteiger partial charge in [0.1, 0.15) is 0 Å². The minimum atomic E-state index is -0.292. The van der Waals surface area contributed by atoms with Crippen LogP contribution in [0.5, 0.6) is 0 Å². The van der Waals surface area contributed by atoms with Crippen LogP contribution in [0, 0.1) is 6.92 Å². The zero-order chi connectivity index (χ0) is 23.9. The lowest BCUT2D eigenvalue weighted by Crippen LogP contribution is -2.25. The molecule has 3 aromatic rings. The smallest absolute Gasteiger partial charge is 0.263 e. The first-order valence-corrected chi connectivity index (χ1v) is 10.9. The minimum absolute atomic E-state index is 0.0477. The predicted octanol–water partition coefficient (Wildman–Crippen LogP) is 4.68. The summed E-state index contributed by atoms with van der Waals surface area (Å²) in [5.74, 6) is -0.611. The molecule has 0 aromatic heterocycles. The summed E-state index contributed by atoms with van der Waals surface area (Å²) in [6, 6.07) is 18.6. The van der Waals surface area contributed by atoms with Crippen molar-refractivity contribution in [3.63, 3.8) is 0 Å². The van der Waals surface area contributed by atoms with E-state index in [0.29, 0.717) is 34.5 Å². The molecule has 0 saturated carbocycles. The van der Waals surface area contributed by atoms with Crippen LogP contribution in [0.1, 0.15) is 49.1 Å². The molecule has 3 aromatic carbocycles. The lowest BCUT2D eigenvalue weighted by Gasteiger charge is -2.25. The maximum Gasteiger partial charge on any atom is 0.263 e. The van der Waals surface area contributed by atoms with Crippen molar-refractivity contribution in [2.45, 2.75) is 13.8 Å². The number of hydrogen-bond donors (Lipinski definition) is 0. The first kappa shape index (κ1) is 22.3. The van der Waals surface area contributed by atoms with Crippen LogP contribution in [0.2, 0.25) is 0 Å². The Bertz CT molecular complexity index is 1240. The van der Waals surface area contributed by atoms with E-state index in [1.165, 1.54) is 11.9 Å². The third kappa shape index (κ3) is 3.78. The van der Waals surface area contributed by atoms with Gasteiger partial charge in [0.2, 0.25) is 0 Å². The first-order chi connectivity index (χ1) is 15.7. The molecule has 0 atom stereocenters. The van der Waals surface area contributed by atoms with Gasteiger partial charge in [0.25, 0.3) is 11.8 Å². The molecule has 1 aliphatic rings. The van der Waals surface area contributed by atoms with Crippen LogP contribution in [0.4, 0.5) is 17.1 Å². The van der Waals surface area contributed by atoms with E-state index < -0.39 is 0 Å². The van der Waals surface area contributed by atoms with Gasteiger partial charge in [-0.05, 0) is 74.0 Å². The highest BCUT2D eigenvalue weighted by molar-refractivity contribution is 6.24. The van der Waals surface area contributed by atoms with Gasteiger partial charge in [0, 0.05) is 50.2 Å². The largest absolute Gasteiger partial charge is 0.378 e. The number of benzene rings is 3. The number of carbonyl (C=O) groups is 3. The van der Waals surface area contributed by atoms with Crippen LogP contribution in [-0.4, -0.2) is 50.2 Å². The lowest BCUT2D eigenvalue weighted by atomic mass is 10.00. The summed E-state index contributed by atoms with van der Waals surface area (Å²) < 4.78 is 0. The number of amides is 2. The maximum absolute atomic E-state index is 12.9. The third-order valence-electron chi connectivity index (χ3n) is 6.12. The zero-order valence-electron chi connectivity index (χ0n) is 19.5. The molecule has 0 fully saturated rings. The van der Waals surface area contributed by atoms with E-state index in [-0.39, 0.29) is 17.6 Å². The van der Waals surface area contributed by atoms with Crippen molar-refractivity contribution in [1.29, 1.82) is 0 Å². The Morgan fingerprint density at radius 3 is 1.82 bits per heavy atom. The fourth-order valence-electron chi connectivity index (χ4n) is 4.20. The molecular weight excluding hydrogens is 414 g/mol. The average Bonchev–Trinajstić information content (AvgIpc) is 3.06. The van der Waals surface area contributed by atoms with E-state index in [4.69, 9.17) is 0 Å². The number of hydrogen-bond acceptors (Lipinski definition) is 5. The van der Waals surface area contributed by atoms with E-state index in [1.807, 2.05) is 86.3 Å². The minimum Gasteiger partial charge on any atom is -0.378 e. The van der Waals surface area contributed by atoms with Crippen molar-refractivity contribution in [3.8, 4) is 0 Å². The van der Waals surface area contributed by atoms with Gasteiger partial charge in [0.05, 0.1) is 16.8 Å². The molecule has 0 spiro atoms. The van der Waals surface area contributed by atoms with Crippen LogP contribution in [0.15, 0.2) is 60.7 Å². The predicted molar refractivity (Wildman–Crippen MR) is 131 cm³/mol. The van der Waals surface area contributed by atoms with Gasteiger partial charge in [-0.25, -0.2) is 0 Å². The van der Waals surface area contributed by atoms with Crippen LogP contribution in [0.3, 0.4) is 0 Å². The Hall–Kier alpha value is -3.93. The lowest BCUT2D eigenvalue weighted by molar-refractivity contribution is 0.0693. The second-order valence-corrected chi connectivity index (χ2v) is 8.38. The highest BCUT2D eigenvalue weighted by Crippen LogP contribution is 2.36. The number of ketones is 1. The SMILES string of the molecule is CCN(c1ccc(C(=O)c2ccc(N(C)C)cc2)cc1)c1ccc(C)c2c1C(=O)N(C)C2=O. The number of rotatable bonds is 6. The summed E-state index contributed by atoms with van der Waals surface area (Å²) in [7, 11) is 5.43. The summed E-state index contributed by atoms with van der Waals surface area (Å²) >= 11 is 0. The van der Waals surface area contributed by atoms with Gasteiger partial charge in [-0.1, -0.05) is 6.07 Å². The van der Waals surface area contributed by atoms with E-state index in [2.05, 4.69) is 0 Å². The molecule has 168 valence electrons. The van der Waals surface area contributed by atoms with E-state index >= 15 is 0 Å². The standard InChI is InChI=1S/C27H27N3O3/c1-6-30(22-16-7-17(2)23-24(22)27(33)29(5)26(23)32)21-14-10-19(11-15-21)25(31)18-8-12-20(13-9-18)28(3)4/h7-16H,6H2,1-5H3. The molecule has 6 heteroatoms. The topological polar surface area (TPSA) is 60.9 Å². The molecule has 0 radical (unpaired) electrons. The van der Waals surface area contributed by atoms with Gasteiger partial charge >= 0.3 is 0 Å². The van der Waals surface area contributed by atoms with Crippen molar-refractivity contribution in [2.24, 2.45) is 0 Å². The fourth-order valence-corrected chi connectivity index (χ4v) is 4.20. The molecule has 0 saturated heterocycles. The number of anilines is 3. The van der Waals surface area contributed by atoms with Crippen LogP contribution < -0.4 is 9.80 Å². The third-order valence-corrected chi connectivity index (χ3v) is 6.12. The van der Waals surface area contributed by atoms with Crippen LogP contribution in [0.25, 0.3) is 0 Å². The highest BCUT2D eigenvalue weighted by Gasteiger charge is 2.37. The zero-order valence-corrected chi connectivity index (χ0v) is 19.5. The Morgan fingerprint density at radius 2 is 1.30 bits per heavy atom. The van der Waals surface area contributed by atoms with E-state index in [1.54, 1.807) is 12.1 Å². The molecule has 2 amide bonds. The number of nitrogens with zero attached hydrogens (tertiary/aromatic N) is 3. The molecule has 0 unspecified atom stereocenters. The molecule has 1 aliphatic heterocycles. The summed E-state index contributed by atoms with van der Waals surface area (Å²) in [5, 5.41) is 0. The van der Waals surface area contributed by atoms with Gasteiger partial charge < -0.3 is 9.80 Å². The van der Waals surface area contributed by atoms with Gasteiger partial charge in [-0.2, -0.15) is 0 Å². The Kier molecular flexibility index (Phi) is 5.77. The van der Waals surface area contributed by atoms with Crippen molar-refractivity contribution in [1.82, 2.24) is 4.90 Å². The van der Waals surface area contributed by atoms with Gasteiger partial charge in [-0.15, -0.1) is 0 Å². The quantitative estimate of drug-likeness (QED) is 0.411. The molecule has 6 nitrogen and oxygen atoms in total. The maximum atomic E-state index is 12.9. The Morgan fingerprint density at radius 1 is 0.788 bits per heavy atom. The highest BCUT2D eigenvalue weighted by atomic mass is 16.2. The van der Waals surface area contributed by atoms with Crippen molar-refractivity contribution in [3.05, 3.63) is 88.5 Å². The number of fused-ring (bicyclic) bond motifs is 1. The number of carbonyl (C=O) groups excluding carboxylic acids is 3. The second-order valence-electron chi connectivity index (χ2n) is 8.38. The summed E-state index contributed by atoms with van der Waals surface area (Å²) in [4.78, 5) is 43.5. The monoisotopic (exact) mass is 441 g/mol. The molecule has 4 rings (SSSR count). The Balaban J connectivity index is 1.66. The van der Waals surface area contributed by atoms with Gasteiger partial charge in [0.15, 0.2) is 5.78 Å². The fraction of sp³-hybridized carbons (Fsp3) is 0.222. The van der Waals surface area contributed by atoms with E-state index in [9.17, 15) is 14.4 Å². The van der Waals surface area contributed by atoms with Crippen molar-refractivity contribution < 1.29 is 14.4 Å². The second kappa shape index (κ2) is 8.54. The van der Waals surface area contributed by atoms with Gasteiger partial charge in [-0.3, -0.25) is 19.3 Å². The van der Waals surface area contributed by atoms with Crippen molar-refractivity contribution >= 4 is 34.7 Å². The number of imide groups is 1. The van der Waals surface area contributed by atoms with Crippen LogP contribution >= 0.6 is 0 Å². The summed E-state index contributed by atoms with van der Waals surface area (Å²) in [5.41, 5.74) is 5.48.